The van der Waals surface area contributed by atoms with Crippen LogP contribution in [-0.2, 0) is 4.79 Å². The van der Waals surface area contributed by atoms with E-state index in [1.54, 1.807) is 10.7 Å². The number of nitrogens with zero attached hydrogens (tertiary/aromatic N) is 8. The number of amides is 3. The van der Waals surface area contributed by atoms with Crippen LogP contribution in [0, 0.1) is 5.92 Å². The Balaban J connectivity index is 0.00000308. The van der Waals surface area contributed by atoms with Crippen molar-refractivity contribution in [3.8, 4) is 22.5 Å². The summed E-state index contributed by atoms with van der Waals surface area (Å²) in [5.74, 6) is 1.60. The molecular weight excluding hydrogens is 496 g/mol. The quantitative estimate of drug-likeness (QED) is 0.376. The number of hydrogen-bond acceptors (Lipinski definition) is 7. The van der Waals surface area contributed by atoms with Gasteiger partial charge in [0.2, 0.25) is 5.91 Å². The summed E-state index contributed by atoms with van der Waals surface area (Å²) in [7, 11) is 0. The fourth-order valence-corrected chi connectivity index (χ4v) is 5.14. The molecule has 0 spiro atoms. The highest BCUT2D eigenvalue weighted by molar-refractivity contribution is 5.94. The molecule has 0 aliphatic carbocycles. The third-order valence-corrected chi connectivity index (χ3v) is 7.27. The van der Waals surface area contributed by atoms with E-state index in [4.69, 9.17) is 4.98 Å². The molecule has 3 aromatic heterocycles. The molecule has 5 heterocycles. The lowest BCUT2D eigenvalue weighted by molar-refractivity contribution is -0.124. The first-order valence-electron chi connectivity index (χ1n) is 12.9. The van der Waals surface area contributed by atoms with Gasteiger partial charge in [0.05, 0.1) is 18.8 Å². The Morgan fingerprint density at radius 2 is 1.87 bits per heavy atom. The van der Waals surface area contributed by atoms with Crippen LogP contribution in [0.5, 0.6) is 0 Å². The summed E-state index contributed by atoms with van der Waals surface area (Å²) in [4.78, 5) is 40.3. The minimum absolute atomic E-state index is 0. The Morgan fingerprint density at radius 1 is 1.08 bits per heavy atom. The maximum Gasteiger partial charge on any atom is 0.326 e. The Morgan fingerprint density at radius 3 is 2.59 bits per heavy atom. The number of aromatic nitrogens is 6. The van der Waals surface area contributed by atoms with E-state index in [9.17, 15) is 9.59 Å². The van der Waals surface area contributed by atoms with Crippen molar-refractivity contribution in [1.29, 1.82) is 0 Å². The fraction of sp³-hybridized carbons (Fsp3) is 0.407. The molecule has 6 rings (SSSR count). The van der Waals surface area contributed by atoms with Crippen LogP contribution < -0.4 is 10.2 Å². The summed E-state index contributed by atoms with van der Waals surface area (Å²) in [6, 6.07) is 9.75. The van der Waals surface area contributed by atoms with E-state index in [0.29, 0.717) is 50.0 Å². The summed E-state index contributed by atoms with van der Waals surface area (Å²) in [6.45, 7) is 7.94. The molecule has 1 atom stereocenters. The van der Waals surface area contributed by atoms with Crippen molar-refractivity contribution < 1.29 is 9.59 Å². The van der Waals surface area contributed by atoms with E-state index in [0.717, 1.165) is 23.2 Å². The molecule has 12 heteroatoms. The number of aromatic amines is 1. The van der Waals surface area contributed by atoms with Crippen LogP contribution in [0.25, 0.3) is 28.2 Å². The molecule has 12 nitrogen and oxygen atoms in total. The van der Waals surface area contributed by atoms with Crippen molar-refractivity contribution in [2.24, 2.45) is 5.92 Å². The molecule has 2 aliphatic rings. The first-order chi connectivity index (χ1) is 18.5. The number of anilines is 1. The molecule has 0 saturated carbocycles. The first-order valence-corrected chi connectivity index (χ1v) is 12.9. The Kier molecular flexibility index (Phi) is 7.29. The van der Waals surface area contributed by atoms with Gasteiger partial charge < -0.3 is 10.2 Å². The van der Waals surface area contributed by atoms with Gasteiger partial charge in [-0.2, -0.15) is 10.2 Å². The van der Waals surface area contributed by atoms with Gasteiger partial charge >= 0.3 is 6.03 Å². The van der Waals surface area contributed by atoms with Gasteiger partial charge in [0, 0.05) is 50.0 Å². The lowest BCUT2D eigenvalue weighted by Crippen LogP contribution is -2.49. The Labute approximate surface area is 227 Å². The van der Waals surface area contributed by atoms with Crippen molar-refractivity contribution >= 4 is 23.4 Å². The zero-order valence-corrected chi connectivity index (χ0v) is 21.4. The fourth-order valence-electron chi connectivity index (χ4n) is 5.14. The maximum absolute atomic E-state index is 13.6. The van der Waals surface area contributed by atoms with E-state index in [-0.39, 0.29) is 31.3 Å². The van der Waals surface area contributed by atoms with Gasteiger partial charge in [-0.05, 0) is 17.5 Å². The van der Waals surface area contributed by atoms with Crippen LogP contribution in [0.1, 0.15) is 21.3 Å². The standard InChI is InChI=1S/C26H30N10O2.CH4/c1-17(2)21-14-34(12-11-33-10-8-27-23(37)15-33)26(38)36(21)22-7-9-35-25(31-22)20(13-30-35)18-3-5-19(6-4-18)24-28-16-29-32-24;/h3-7,9,13,16-17,21H,8,10-12,14-15H2,1-2H3,(H,27,37)(H,28,29,32);1H4/t21-;/m1./s1. The normalized spacial score (nSPS) is 18.2. The zero-order chi connectivity index (χ0) is 26.2. The molecule has 2 fully saturated rings. The molecule has 39 heavy (non-hydrogen) atoms. The predicted molar refractivity (Wildman–Crippen MR) is 148 cm³/mol. The first kappa shape index (κ1) is 26.3. The third-order valence-electron chi connectivity index (χ3n) is 7.27. The summed E-state index contributed by atoms with van der Waals surface area (Å²) in [5, 5.41) is 14.1. The van der Waals surface area contributed by atoms with Crippen LogP contribution in [0.3, 0.4) is 0 Å². The third kappa shape index (κ3) is 5.07. The second-order valence-electron chi connectivity index (χ2n) is 10.1. The van der Waals surface area contributed by atoms with Crippen LogP contribution in [0.15, 0.2) is 49.1 Å². The second-order valence-corrected chi connectivity index (χ2v) is 10.1. The average molecular weight is 531 g/mol. The second kappa shape index (κ2) is 10.8. The van der Waals surface area contributed by atoms with Gasteiger partial charge in [0.15, 0.2) is 11.5 Å². The number of H-pyrrole nitrogens is 1. The van der Waals surface area contributed by atoms with E-state index < -0.39 is 0 Å². The highest BCUT2D eigenvalue weighted by Gasteiger charge is 2.40. The molecule has 2 saturated heterocycles. The molecule has 0 unspecified atom stereocenters. The summed E-state index contributed by atoms with van der Waals surface area (Å²) >= 11 is 0. The van der Waals surface area contributed by atoms with E-state index in [1.807, 2.05) is 46.3 Å². The van der Waals surface area contributed by atoms with Crippen molar-refractivity contribution in [2.45, 2.75) is 27.3 Å². The largest absolute Gasteiger partial charge is 0.354 e. The smallest absolute Gasteiger partial charge is 0.326 e. The highest BCUT2D eigenvalue weighted by Crippen LogP contribution is 2.31. The van der Waals surface area contributed by atoms with Crippen molar-refractivity contribution in [1.82, 2.24) is 44.9 Å². The zero-order valence-electron chi connectivity index (χ0n) is 21.4. The van der Waals surface area contributed by atoms with Crippen LogP contribution in [0.4, 0.5) is 10.6 Å². The predicted octanol–water partition coefficient (Wildman–Crippen LogP) is 2.52. The van der Waals surface area contributed by atoms with Gasteiger partial charge in [-0.25, -0.2) is 19.3 Å². The summed E-state index contributed by atoms with van der Waals surface area (Å²) in [6.07, 6.45) is 5.13. The van der Waals surface area contributed by atoms with E-state index >= 15 is 0 Å². The molecule has 3 amide bonds. The minimum Gasteiger partial charge on any atom is -0.354 e. The van der Waals surface area contributed by atoms with E-state index in [1.165, 1.54) is 6.33 Å². The monoisotopic (exact) mass is 530 g/mol. The maximum atomic E-state index is 13.6. The SMILES string of the molecule is C.CC(C)[C@H]1CN(CCN2CCNC(=O)C2)C(=O)N1c1ccn2ncc(-c3ccc(-c4ncn[nH]4)cc3)c2n1. The highest BCUT2D eigenvalue weighted by atomic mass is 16.2. The van der Waals surface area contributed by atoms with Gasteiger partial charge in [0.1, 0.15) is 12.1 Å². The molecule has 4 aromatic rings. The molecule has 0 radical (unpaired) electrons. The minimum atomic E-state index is -0.0560. The molecule has 1 aromatic carbocycles. The van der Waals surface area contributed by atoms with Crippen molar-refractivity contribution in [2.75, 3.05) is 44.2 Å². The summed E-state index contributed by atoms with van der Waals surface area (Å²) in [5.41, 5.74) is 3.46. The van der Waals surface area contributed by atoms with Gasteiger partial charge in [-0.15, -0.1) is 0 Å². The Hall–Kier alpha value is -4.32. The number of fused-ring (bicyclic) bond motifs is 1. The van der Waals surface area contributed by atoms with Gasteiger partial charge in [-0.1, -0.05) is 45.5 Å². The van der Waals surface area contributed by atoms with Crippen molar-refractivity contribution in [3.63, 3.8) is 0 Å². The van der Waals surface area contributed by atoms with Crippen LogP contribution >= 0.6 is 0 Å². The molecular formula is C27H34N10O2. The number of hydrogen-bond donors (Lipinski definition) is 2. The molecule has 2 aliphatic heterocycles. The number of rotatable bonds is 7. The van der Waals surface area contributed by atoms with Crippen LogP contribution in [0.2, 0.25) is 0 Å². The average Bonchev–Trinajstić information content (AvgIpc) is 3.67. The number of urea groups is 1. The number of carbonyl (C=O) groups is 2. The lowest BCUT2D eigenvalue weighted by atomic mass is 10.0. The Bertz CT molecular complexity index is 1450. The number of carbonyl (C=O) groups excluding carboxylic acids is 2. The number of piperazine rings is 1. The molecule has 2 N–H and O–H groups in total. The van der Waals surface area contributed by atoms with E-state index in [2.05, 4.69) is 44.3 Å². The molecule has 204 valence electrons. The van der Waals surface area contributed by atoms with Gasteiger partial charge in [-0.3, -0.25) is 19.7 Å². The number of nitrogens with one attached hydrogen (secondary N) is 2. The van der Waals surface area contributed by atoms with Gasteiger partial charge in [0.25, 0.3) is 0 Å². The number of benzene rings is 1. The lowest BCUT2D eigenvalue weighted by Gasteiger charge is -2.28. The topological polar surface area (TPSA) is 128 Å². The van der Waals surface area contributed by atoms with Crippen molar-refractivity contribution in [3.05, 3.63) is 49.1 Å². The van der Waals surface area contributed by atoms with Crippen LogP contribution in [-0.4, -0.2) is 96.8 Å². The molecule has 0 bridgehead atoms. The summed E-state index contributed by atoms with van der Waals surface area (Å²) < 4.78 is 1.73.